The molecule has 4 saturated carbocycles. The van der Waals surface area contributed by atoms with E-state index >= 15 is 0 Å². The fourth-order valence-electron chi connectivity index (χ4n) is 6.68. The number of hydrogen-bond donors (Lipinski definition) is 0. The zero-order chi connectivity index (χ0) is 11.9. The molecule has 4 aliphatic rings. The summed E-state index contributed by atoms with van der Waals surface area (Å²) in [5.41, 5.74) is 0. The van der Waals surface area contributed by atoms with Crippen molar-refractivity contribution >= 4 is 0 Å². The maximum atomic E-state index is 1.64. The Labute approximate surface area is 113 Å². The largest absolute Gasteiger partial charge is 0.0530 e. The molecule has 0 bridgehead atoms. The lowest BCUT2D eigenvalue weighted by atomic mass is 9.52. The third-order valence-corrected chi connectivity index (χ3v) is 7.22. The molecule has 0 aromatic carbocycles. The van der Waals surface area contributed by atoms with Gasteiger partial charge in [-0.2, -0.15) is 0 Å². The van der Waals surface area contributed by atoms with E-state index in [1.165, 1.54) is 17.8 Å². The standard InChI is InChI=1S/C18H30/c1-4-11-17-16-10-3-2-7-14(16)12-15-9-5-8-13(6-1)18(15)17/h13-18H,1-12H2. The predicted octanol–water partition coefficient (Wildman–Crippen LogP) is 5.42. The van der Waals surface area contributed by atoms with Crippen molar-refractivity contribution in [3.05, 3.63) is 0 Å². The highest BCUT2D eigenvalue weighted by Gasteiger charge is 2.48. The molecule has 0 aromatic heterocycles. The smallest absolute Gasteiger partial charge is 0.0326 e. The average Bonchev–Trinajstić information content (AvgIpc) is 2.63. The van der Waals surface area contributed by atoms with Gasteiger partial charge in [0.1, 0.15) is 0 Å². The van der Waals surface area contributed by atoms with Gasteiger partial charge in [-0.25, -0.2) is 0 Å². The van der Waals surface area contributed by atoms with Crippen molar-refractivity contribution in [3.8, 4) is 0 Å². The van der Waals surface area contributed by atoms with Crippen molar-refractivity contribution < 1.29 is 0 Å². The van der Waals surface area contributed by atoms with Crippen LogP contribution in [0.2, 0.25) is 0 Å². The van der Waals surface area contributed by atoms with Gasteiger partial charge in [-0.1, -0.05) is 57.8 Å². The van der Waals surface area contributed by atoms with Crippen molar-refractivity contribution in [2.24, 2.45) is 35.5 Å². The zero-order valence-electron chi connectivity index (χ0n) is 11.9. The van der Waals surface area contributed by atoms with Gasteiger partial charge < -0.3 is 0 Å². The van der Waals surface area contributed by atoms with Gasteiger partial charge in [-0.05, 0) is 54.8 Å². The third-order valence-electron chi connectivity index (χ3n) is 7.22. The molecule has 4 rings (SSSR count). The van der Waals surface area contributed by atoms with E-state index in [1.54, 1.807) is 77.0 Å². The van der Waals surface area contributed by atoms with Gasteiger partial charge in [-0.3, -0.25) is 0 Å². The molecule has 0 radical (unpaired) electrons. The fraction of sp³-hybridized carbons (Fsp3) is 1.00. The Balaban J connectivity index is 1.64. The summed E-state index contributed by atoms with van der Waals surface area (Å²) in [6.07, 6.45) is 19.0. The van der Waals surface area contributed by atoms with Gasteiger partial charge in [0.05, 0.1) is 0 Å². The molecule has 0 aliphatic heterocycles. The SMILES string of the molecule is C1CCC2C(C1)CC1CCCC3CCCCC2C31. The third kappa shape index (κ3) is 1.86. The van der Waals surface area contributed by atoms with E-state index in [9.17, 15) is 0 Å². The van der Waals surface area contributed by atoms with E-state index in [1.807, 2.05) is 0 Å². The van der Waals surface area contributed by atoms with Gasteiger partial charge in [0.25, 0.3) is 0 Å². The van der Waals surface area contributed by atoms with Crippen LogP contribution in [0.3, 0.4) is 0 Å². The normalized spacial score (nSPS) is 52.0. The summed E-state index contributed by atoms with van der Waals surface area (Å²) in [5.74, 6) is 6.98. The van der Waals surface area contributed by atoms with Crippen molar-refractivity contribution in [1.29, 1.82) is 0 Å². The molecular formula is C18H30. The first-order valence-corrected chi connectivity index (χ1v) is 8.93. The molecule has 4 fully saturated rings. The monoisotopic (exact) mass is 246 g/mol. The Hall–Kier alpha value is 0. The molecule has 6 unspecified atom stereocenters. The molecule has 0 nitrogen and oxygen atoms in total. The van der Waals surface area contributed by atoms with Crippen LogP contribution in [-0.4, -0.2) is 0 Å². The van der Waals surface area contributed by atoms with Crippen LogP contribution in [-0.2, 0) is 0 Å². The van der Waals surface area contributed by atoms with Crippen LogP contribution in [0.25, 0.3) is 0 Å². The maximum absolute atomic E-state index is 1.64. The maximum Gasteiger partial charge on any atom is -0.0326 e. The van der Waals surface area contributed by atoms with E-state index in [2.05, 4.69) is 0 Å². The lowest BCUT2D eigenvalue weighted by Gasteiger charge is -2.53. The van der Waals surface area contributed by atoms with Gasteiger partial charge in [0.2, 0.25) is 0 Å². The van der Waals surface area contributed by atoms with Gasteiger partial charge >= 0.3 is 0 Å². The zero-order valence-corrected chi connectivity index (χ0v) is 11.9. The lowest BCUT2D eigenvalue weighted by Crippen LogP contribution is -2.45. The fourth-order valence-corrected chi connectivity index (χ4v) is 6.68. The quantitative estimate of drug-likeness (QED) is 0.535. The molecule has 0 aromatic rings. The summed E-state index contributed by atoms with van der Waals surface area (Å²) in [4.78, 5) is 0. The minimum Gasteiger partial charge on any atom is -0.0530 e. The Bertz CT molecular complexity index is 294. The molecule has 102 valence electrons. The van der Waals surface area contributed by atoms with Gasteiger partial charge in [-0.15, -0.1) is 0 Å². The Morgan fingerprint density at radius 2 is 1.06 bits per heavy atom. The van der Waals surface area contributed by atoms with Crippen LogP contribution in [0.4, 0.5) is 0 Å². The van der Waals surface area contributed by atoms with Crippen LogP contribution in [0.5, 0.6) is 0 Å². The summed E-state index contributed by atoms with van der Waals surface area (Å²) in [6.45, 7) is 0. The number of hydrogen-bond acceptors (Lipinski definition) is 0. The minimum absolute atomic E-state index is 1.15. The first-order valence-electron chi connectivity index (χ1n) is 8.93. The van der Waals surface area contributed by atoms with Crippen molar-refractivity contribution in [1.82, 2.24) is 0 Å². The highest BCUT2D eigenvalue weighted by atomic mass is 14.5. The second kappa shape index (κ2) is 4.84. The van der Waals surface area contributed by atoms with Crippen LogP contribution >= 0.6 is 0 Å². The van der Waals surface area contributed by atoms with E-state index in [0.29, 0.717) is 0 Å². The molecule has 0 saturated heterocycles. The molecular weight excluding hydrogens is 216 g/mol. The summed E-state index contributed by atoms with van der Waals surface area (Å²) in [7, 11) is 0. The minimum atomic E-state index is 1.15. The second-order valence-electron chi connectivity index (χ2n) is 7.92. The first kappa shape index (κ1) is 11.8. The van der Waals surface area contributed by atoms with Crippen molar-refractivity contribution in [3.63, 3.8) is 0 Å². The highest BCUT2D eigenvalue weighted by Crippen LogP contribution is 2.57. The molecule has 0 heteroatoms. The van der Waals surface area contributed by atoms with Crippen molar-refractivity contribution in [2.45, 2.75) is 77.0 Å². The Morgan fingerprint density at radius 3 is 1.94 bits per heavy atom. The number of rotatable bonds is 0. The molecule has 18 heavy (non-hydrogen) atoms. The van der Waals surface area contributed by atoms with Crippen LogP contribution in [0.1, 0.15) is 77.0 Å². The molecule has 6 atom stereocenters. The van der Waals surface area contributed by atoms with Crippen LogP contribution in [0.15, 0.2) is 0 Å². The second-order valence-corrected chi connectivity index (χ2v) is 7.92. The molecule has 4 aliphatic carbocycles. The molecule has 0 spiro atoms. The lowest BCUT2D eigenvalue weighted by molar-refractivity contribution is -0.0391. The van der Waals surface area contributed by atoms with E-state index in [-0.39, 0.29) is 0 Å². The first-order chi connectivity index (χ1) is 8.93. The van der Waals surface area contributed by atoms with E-state index < -0.39 is 0 Å². The molecule has 0 heterocycles. The Kier molecular flexibility index (Phi) is 3.17. The summed E-state index contributed by atoms with van der Waals surface area (Å²) >= 11 is 0. The average molecular weight is 246 g/mol. The van der Waals surface area contributed by atoms with Crippen molar-refractivity contribution in [2.75, 3.05) is 0 Å². The van der Waals surface area contributed by atoms with Crippen LogP contribution < -0.4 is 0 Å². The van der Waals surface area contributed by atoms with E-state index in [4.69, 9.17) is 0 Å². The topological polar surface area (TPSA) is 0 Å². The van der Waals surface area contributed by atoms with Gasteiger partial charge in [0.15, 0.2) is 0 Å². The molecule has 0 N–H and O–H groups in total. The molecule has 0 amide bonds. The number of fused-ring (bicyclic) bond motifs is 2. The summed E-state index contributed by atoms with van der Waals surface area (Å²) < 4.78 is 0. The van der Waals surface area contributed by atoms with Gasteiger partial charge in [0, 0.05) is 0 Å². The van der Waals surface area contributed by atoms with Crippen LogP contribution in [0, 0.1) is 35.5 Å². The Morgan fingerprint density at radius 1 is 0.444 bits per heavy atom. The highest BCUT2D eigenvalue weighted by molar-refractivity contribution is 4.98. The summed E-state index contributed by atoms with van der Waals surface area (Å²) in [6, 6.07) is 0. The summed E-state index contributed by atoms with van der Waals surface area (Å²) in [5, 5.41) is 0. The predicted molar refractivity (Wildman–Crippen MR) is 76.3 cm³/mol. The van der Waals surface area contributed by atoms with E-state index in [0.717, 1.165) is 17.8 Å².